The van der Waals surface area contributed by atoms with E-state index in [1.807, 2.05) is 0 Å². The van der Waals surface area contributed by atoms with Gasteiger partial charge in [-0.15, -0.1) is 5.10 Å². The second-order valence-corrected chi connectivity index (χ2v) is 6.32. The first-order valence-corrected chi connectivity index (χ1v) is 8.31. The van der Waals surface area contributed by atoms with Gasteiger partial charge in [-0.25, -0.2) is 4.79 Å². The molecule has 0 spiro atoms. The smallest absolute Gasteiger partial charge is 0.336 e. The molecule has 0 aromatic carbocycles. The number of likely N-dealkylation sites (N-methyl/N-ethyl adjacent to an activating group) is 1. The number of ether oxygens (including phenoxy) is 1. The third-order valence-electron chi connectivity index (χ3n) is 4.49. The van der Waals surface area contributed by atoms with Crippen molar-refractivity contribution in [2.24, 2.45) is 14.1 Å². The van der Waals surface area contributed by atoms with Crippen LogP contribution in [0.5, 0.6) is 6.01 Å². The Morgan fingerprint density at radius 2 is 1.72 bits per heavy atom. The predicted molar refractivity (Wildman–Crippen MR) is 91.9 cm³/mol. The van der Waals surface area contributed by atoms with Crippen LogP contribution in [0.15, 0.2) is 9.59 Å². The number of piperazine rings is 1. The normalized spacial score (nSPS) is 16.4. The van der Waals surface area contributed by atoms with Crippen LogP contribution >= 0.6 is 0 Å². The van der Waals surface area contributed by atoms with Gasteiger partial charge >= 0.3 is 11.7 Å². The highest BCUT2D eigenvalue weighted by molar-refractivity contribution is 5.67. The topological polar surface area (TPSA) is 98.4 Å². The SMILES string of the molecule is CN1CCN(CCCOc2nnc3c(n2)c(=O)n(C)c(=O)n3C)CC1. The highest BCUT2D eigenvalue weighted by atomic mass is 16.5. The first-order chi connectivity index (χ1) is 12.0. The van der Waals surface area contributed by atoms with Gasteiger partial charge in [-0.1, -0.05) is 5.10 Å². The van der Waals surface area contributed by atoms with Crippen molar-refractivity contribution >= 4 is 11.2 Å². The minimum atomic E-state index is -0.504. The van der Waals surface area contributed by atoms with Gasteiger partial charge < -0.3 is 14.5 Å². The van der Waals surface area contributed by atoms with Crippen molar-refractivity contribution in [2.75, 3.05) is 46.4 Å². The number of fused-ring (bicyclic) bond motifs is 1. The van der Waals surface area contributed by atoms with E-state index in [0.29, 0.717) is 6.61 Å². The number of rotatable bonds is 5. The van der Waals surface area contributed by atoms with Gasteiger partial charge in [0.15, 0.2) is 11.2 Å². The van der Waals surface area contributed by atoms with E-state index in [0.717, 1.165) is 43.7 Å². The summed E-state index contributed by atoms with van der Waals surface area (Å²) in [5.41, 5.74) is -0.740. The van der Waals surface area contributed by atoms with E-state index in [9.17, 15) is 9.59 Å². The summed E-state index contributed by atoms with van der Waals surface area (Å²) in [7, 11) is 5.06. The minimum absolute atomic E-state index is 0.0571. The highest BCUT2D eigenvalue weighted by Gasteiger charge is 2.15. The first-order valence-electron chi connectivity index (χ1n) is 8.31. The molecule has 3 rings (SSSR count). The lowest BCUT2D eigenvalue weighted by Crippen LogP contribution is -2.44. The van der Waals surface area contributed by atoms with Crippen LogP contribution < -0.4 is 16.0 Å². The number of aromatic nitrogens is 5. The lowest BCUT2D eigenvalue weighted by atomic mass is 10.3. The fraction of sp³-hybridized carbons (Fsp3) is 0.667. The molecule has 0 bridgehead atoms. The molecule has 0 unspecified atom stereocenters. The summed E-state index contributed by atoms with van der Waals surface area (Å²) in [5, 5.41) is 7.78. The molecule has 3 heterocycles. The average Bonchev–Trinajstić information content (AvgIpc) is 2.63. The lowest BCUT2D eigenvalue weighted by molar-refractivity contribution is 0.144. The Morgan fingerprint density at radius 3 is 2.44 bits per heavy atom. The third-order valence-corrected chi connectivity index (χ3v) is 4.49. The minimum Gasteiger partial charge on any atom is -0.462 e. The van der Waals surface area contributed by atoms with Crippen LogP contribution in [0, 0.1) is 0 Å². The molecule has 0 N–H and O–H groups in total. The zero-order valence-corrected chi connectivity index (χ0v) is 14.8. The molecule has 0 aliphatic carbocycles. The quantitative estimate of drug-likeness (QED) is 0.598. The van der Waals surface area contributed by atoms with E-state index < -0.39 is 11.2 Å². The standard InChI is InChI=1S/C15H23N7O3/c1-19-6-8-22(9-7-19)5-4-10-25-14-16-11-12(17-18-14)20(2)15(24)21(3)13(11)23/h4-10H2,1-3H3. The van der Waals surface area contributed by atoms with Gasteiger partial charge in [0.2, 0.25) is 0 Å². The molecule has 1 aliphatic heterocycles. The Morgan fingerprint density at radius 1 is 1.00 bits per heavy atom. The summed E-state index contributed by atoms with van der Waals surface area (Å²) < 4.78 is 7.77. The second kappa shape index (κ2) is 7.28. The van der Waals surface area contributed by atoms with Gasteiger partial charge in [0.25, 0.3) is 5.56 Å². The number of hydrogen-bond donors (Lipinski definition) is 0. The number of aryl methyl sites for hydroxylation is 1. The first kappa shape index (κ1) is 17.5. The Balaban J connectivity index is 1.63. The maximum Gasteiger partial charge on any atom is 0.336 e. The average molecular weight is 349 g/mol. The largest absolute Gasteiger partial charge is 0.462 e. The Kier molecular flexibility index (Phi) is 5.09. The van der Waals surface area contributed by atoms with Crippen molar-refractivity contribution in [1.29, 1.82) is 0 Å². The van der Waals surface area contributed by atoms with E-state index in [-0.39, 0.29) is 17.2 Å². The molecule has 0 atom stereocenters. The maximum absolute atomic E-state index is 12.2. The van der Waals surface area contributed by atoms with Gasteiger partial charge in [-0.05, 0) is 13.5 Å². The van der Waals surface area contributed by atoms with Crippen LogP contribution in [-0.2, 0) is 14.1 Å². The fourth-order valence-electron chi connectivity index (χ4n) is 2.82. The van der Waals surface area contributed by atoms with E-state index in [4.69, 9.17) is 4.74 Å². The van der Waals surface area contributed by atoms with Crippen LogP contribution in [0.25, 0.3) is 11.2 Å². The molecular formula is C15H23N7O3. The van der Waals surface area contributed by atoms with Crippen molar-refractivity contribution in [3.8, 4) is 6.01 Å². The maximum atomic E-state index is 12.2. The third kappa shape index (κ3) is 3.69. The fourth-order valence-corrected chi connectivity index (χ4v) is 2.82. The molecule has 2 aromatic heterocycles. The molecule has 25 heavy (non-hydrogen) atoms. The highest BCUT2D eigenvalue weighted by Crippen LogP contribution is 2.06. The van der Waals surface area contributed by atoms with E-state index in [1.54, 1.807) is 0 Å². The van der Waals surface area contributed by atoms with E-state index in [2.05, 4.69) is 32.0 Å². The molecule has 0 radical (unpaired) electrons. The number of nitrogens with zero attached hydrogens (tertiary/aromatic N) is 7. The summed E-state index contributed by atoms with van der Waals surface area (Å²) >= 11 is 0. The van der Waals surface area contributed by atoms with Gasteiger partial charge in [-0.2, -0.15) is 4.98 Å². The predicted octanol–water partition coefficient (Wildman–Crippen LogP) is -1.56. The summed E-state index contributed by atoms with van der Waals surface area (Å²) in [4.78, 5) is 32.9. The molecule has 136 valence electrons. The van der Waals surface area contributed by atoms with Crippen molar-refractivity contribution in [3.63, 3.8) is 0 Å². The molecule has 10 heteroatoms. The van der Waals surface area contributed by atoms with Crippen molar-refractivity contribution in [3.05, 3.63) is 20.8 Å². The van der Waals surface area contributed by atoms with Gasteiger partial charge in [0.05, 0.1) is 6.61 Å². The summed E-state index contributed by atoms with van der Waals surface area (Å²) in [5.74, 6) is 0. The van der Waals surface area contributed by atoms with Gasteiger partial charge in [-0.3, -0.25) is 13.9 Å². The van der Waals surface area contributed by atoms with E-state index in [1.165, 1.54) is 18.7 Å². The second-order valence-electron chi connectivity index (χ2n) is 6.32. The summed E-state index contributed by atoms with van der Waals surface area (Å²) in [6, 6.07) is 0.0571. The molecule has 1 aliphatic rings. The van der Waals surface area contributed by atoms with E-state index >= 15 is 0 Å². The van der Waals surface area contributed by atoms with Crippen LogP contribution in [-0.4, -0.2) is 80.5 Å². The Labute approximate surface area is 144 Å². The molecule has 10 nitrogen and oxygen atoms in total. The van der Waals surface area contributed by atoms with Gasteiger partial charge in [0.1, 0.15) is 0 Å². The summed E-state index contributed by atoms with van der Waals surface area (Å²) in [6.07, 6.45) is 0.844. The van der Waals surface area contributed by atoms with Crippen molar-refractivity contribution in [2.45, 2.75) is 6.42 Å². The summed E-state index contributed by atoms with van der Waals surface area (Å²) in [6.45, 7) is 5.70. The van der Waals surface area contributed by atoms with Crippen molar-refractivity contribution < 1.29 is 4.74 Å². The molecule has 0 saturated carbocycles. The number of hydrogen-bond acceptors (Lipinski definition) is 8. The van der Waals surface area contributed by atoms with Crippen molar-refractivity contribution in [1.82, 2.24) is 34.1 Å². The Bertz CT molecular complexity index is 868. The molecular weight excluding hydrogens is 326 g/mol. The van der Waals surface area contributed by atoms with Crippen LogP contribution in [0.1, 0.15) is 6.42 Å². The lowest BCUT2D eigenvalue weighted by Gasteiger charge is -2.32. The monoisotopic (exact) mass is 349 g/mol. The zero-order chi connectivity index (χ0) is 18.0. The molecule has 1 fully saturated rings. The van der Waals surface area contributed by atoms with Crippen LogP contribution in [0.4, 0.5) is 0 Å². The van der Waals surface area contributed by atoms with Gasteiger partial charge in [0, 0.05) is 46.8 Å². The molecule has 1 saturated heterocycles. The molecule has 0 amide bonds. The van der Waals surface area contributed by atoms with Crippen LogP contribution in [0.2, 0.25) is 0 Å². The zero-order valence-electron chi connectivity index (χ0n) is 14.8. The molecule has 2 aromatic rings. The Hall–Kier alpha value is -2.33. The van der Waals surface area contributed by atoms with Crippen LogP contribution in [0.3, 0.4) is 0 Å².